The van der Waals surface area contributed by atoms with Crippen LogP contribution in [0.3, 0.4) is 0 Å². The third-order valence-electron chi connectivity index (χ3n) is 5.35. The van der Waals surface area contributed by atoms with Crippen molar-refractivity contribution in [1.82, 2.24) is 10.2 Å². The first-order valence-electron chi connectivity index (χ1n) is 8.45. The molecule has 2 fully saturated rings. The van der Waals surface area contributed by atoms with Gasteiger partial charge in [0.15, 0.2) is 0 Å². The molecule has 2 atom stereocenters. The summed E-state index contributed by atoms with van der Waals surface area (Å²) >= 11 is 0. The van der Waals surface area contributed by atoms with Crippen LogP contribution in [-0.4, -0.2) is 37.1 Å². The van der Waals surface area contributed by atoms with Gasteiger partial charge in [0.1, 0.15) is 0 Å². The topological polar surface area (TPSA) is 15.3 Å². The largest absolute Gasteiger partial charge is 0.312 e. The maximum Gasteiger partial charge on any atom is 0.0251 e. The summed E-state index contributed by atoms with van der Waals surface area (Å²) in [6, 6.07) is 1.47. The summed E-state index contributed by atoms with van der Waals surface area (Å²) in [6.45, 7) is 9.68. The number of rotatable bonds is 6. The molecule has 2 saturated carbocycles. The average molecular weight is 266 g/mol. The van der Waals surface area contributed by atoms with Crippen LogP contribution in [0.2, 0.25) is 0 Å². The summed E-state index contributed by atoms with van der Waals surface area (Å²) in [6.07, 6.45) is 9.73. The Morgan fingerprint density at radius 1 is 1.21 bits per heavy atom. The van der Waals surface area contributed by atoms with Crippen molar-refractivity contribution in [2.24, 2.45) is 11.3 Å². The SMILES string of the molecule is CCCNC1CCC(C)(C)CC1N(C)CC1CCC1. The fourth-order valence-corrected chi connectivity index (χ4v) is 3.80. The van der Waals surface area contributed by atoms with Crippen molar-refractivity contribution >= 4 is 0 Å². The van der Waals surface area contributed by atoms with E-state index < -0.39 is 0 Å². The van der Waals surface area contributed by atoms with Gasteiger partial charge in [0.25, 0.3) is 0 Å². The smallest absolute Gasteiger partial charge is 0.0251 e. The van der Waals surface area contributed by atoms with E-state index in [9.17, 15) is 0 Å². The first-order chi connectivity index (χ1) is 9.02. The molecule has 0 heterocycles. The van der Waals surface area contributed by atoms with Crippen molar-refractivity contribution in [3.63, 3.8) is 0 Å². The molecule has 0 aromatic heterocycles. The maximum absolute atomic E-state index is 3.81. The van der Waals surface area contributed by atoms with E-state index >= 15 is 0 Å². The Morgan fingerprint density at radius 2 is 1.95 bits per heavy atom. The van der Waals surface area contributed by atoms with Gasteiger partial charge < -0.3 is 10.2 Å². The molecule has 2 nitrogen and oxygen atoms in total. The van der Waals surface area contributed by atoms with Crippen LogP contribution >= 0.6 is 0 Å². The van der Waals surface area contributed by atoms with Gasteiger partial charge in [-0.05, 0) is 63.5 Å². The Labute approximate surface area is 120 Å². The zero-order valence-electron chi connectivity index (χ0n) is 13.5. The highest BCUT2D eigenvalue weighted by Gasteiger charge is 2.37. The average Bonchev–Trinajstić information content (AvgIpc) is 2.31. The Bertz CT molecular complexity index is 270. The van der Waals surface area contributed by atoms with E-state index in [0.717, 1.165) is 18.0 Å². The number of likely N-dealkylation sites (N-methyl/N-ethyl adjacent to an activating group) is 1. The fraction of sp³-hybridized carbons (Fsp3) is 1.00. The highest BCUT2D eigenvalue weighted by molar-refractivity contribution is 4.94. The van der Waals surface area contributed by atoms with Crippen LogP contribution in [-0.2, 0) is 0 Å². The molecular formula is C17H34N2. The minimum atomic E-state index is 0.531. The molecule has 2 heteroatoms. The lowest BCUT2D eigenvalue weighted by molar-refractivity contribution is 0.0616. The van der Waals surface area contributed by atoms with Crippen LogP contribution in [0.25, 0.3) is 0 Å². The molecule has 0 aromatic rings. The van der Waals surface area contributed by atoms with Gasteiger partial charge in [-0.3, -0.25) is 0 Å². The second kappa shape index (κ2) is 6.58. The number of nitrogens with zero attached hydrogens (tertiary/aromatic N) is 1. The lowest BCUT2D eigenvalue weighted by Gasteiger charge is -2.46. The van der Waals surface area contributed by atoms with Gasteiger partial charge in [-0.25, -0.2) is 0 Å². The molecular weight excluding hydrogens is 232 g/mol. The summed E-state index contributed by atoms with van der Waals surface area (Å²) in [5.74, 6) is 0.988. The maximum atomic E-state index is 3.81. The van der Waals surface area contributed by atoms with Crippen molar-refractivity contribution in [3.8, 4) is 0 Å². The number of hydrogen-bond acceptors (Lipinski definition) is 2. The molecule has 0 aromatic carbocycles. The molecule has 2 unspecified atom stereocenters. The predicted molar refractivity (Wildman–Crippen MR) is 83.5 cm³/mol. The molecule has 2 aliphatic rings. The molecule has 2 aliphatic carbocycles. The minimum absolute atomic E-state index is 0.531. The highest BCUT2D eigenvalue weighted by Crippen LogP contribution is 2.38. The van der Waals surface area contributed by atoms with Gasteiger partial charge in [0.05, 0.1) is 0 Å². The first kappa shape index (κ1) is 15.3. The number of hydrogen-bond donors (Lipinski definition) is 1. The molecule has 2 rings (SSSR count). The zero-order chi connectivity index (χ0) is 13.9. The molecule has 0 aliphatic heterocycles. The summed E-state index contributed by atoms with van der Waals surface area (Å²) in [5.41, 5.74) is 0.531. The van der Waals surface area contributed by atoms with E-state index in [1.54, 1.807) is 0 Å². The molecule has 0 spiro atoms. The quantitative estimate of drug-likeness (QED) is 0.789. The highest BCUT2D eigenvalue weighted by atomic mass is 15.2. The van der Waals surface area contributed by atoms with Gasteiger partial charge in [-0.2, -0.15) is 0 Å². The van der Waals surface area contributed by atoms with Crippen LogP contribution in [0.5, 0.6) is 0 Å². The molecule has 112 valence electrons. The number of nitrogens with one attached hydrogen (secondary N) is 1. The third kappa shape index (κ3) is 4.19. The lowest BCUT2D eigenvalue weighted by Crippen LogP contribution is -2.54. The Hall–Kier alpha value is -0.0800. The van der Waals surface area contributed by atoms with E-state index in [4.69, 9.17) is 0 Å². The van der Waals surface area contributed by atoms with Gasteiger partial charge in [0.2, 0.25) is 0 Å². The predicted octanol–water partition coefficient (Wildman–Crippen LogP) is 3.67. The van der Waals surface area contributed by atoms with Crippen molar-refractivity contribution in [2.45, 2.75) is 77.8 Å². The zero-order valence-corrected chi connectivity index (χ0v) is 13.5. The summed E-state index contributed by atoms with van der Waals surface area (Å²) in [7, 11) is 2.37. The van der Waals surface area contributed by atoms with Crippen molar-refractivity contribution in [3.05, 3.63) is 0 Å². The van der Waals surface area contributed by atoms with E-state index in [-0.39, 0.29) is 0 Å². The van der Waals surface area contributed by atoms with E-state index in [0.29, 0.717) is 5.41 Å². The summed E-state index contributed by atoms with van der Waals surface area (Å²) in [5, 5.41) is 3.81. The lowest BCUT2D eigenvalue weighted by atomic mass is 9.72. The second-order valence-corrected chi connectivity index (χ2v) is 7.77. The molecule has 0 bridgehead atoms. The van der Waals surface area contributed by atoms with Crippen molar-refractivity contribution in [2.75, 3.05) is 20.1 Å². The van der Waals surface area contributed by atoms with Gasteiger partial charge >= 0.3 is 0 Å². The first-order valence-corrected chi connectivity index (χ1v) is 8.45. The standard InChI is InChI=1S/C17H34N2/c1-5-11-18-15-9-10-17(2,3)12-16(15)19(4)13-14-7-6-8-14/h14-16,18H,5-13H2,1-4H3. The Kier molecular flexibility index (Phi) is 5.30. The molecule has 0 amide bonds. The van der Waals surface area contributed by atoms with E-state index in [1.807, 2.05) is 0 Å². The monoisotopic (exact) mass is 266 g/mol. The van der Waals surface area contributed by atoms with E-state index in [1.165, 1.54) is 58.0 Å². The molecule has 1 N–H and O–H groups in total. The Balaban J connectivity index is 1.92. The van der Waals surface area contributed by atoms with Crippen molar-refractivity contribution in [1.29, 1.82) is 0 Å². The molecule has 19 heavy (non-hydrogen) atoms. The van der Waals surface area contributed by atoms with Gasteiger partial charge in [0, 0.05) is 18.6 Å². The summed E-state index contributed by atoms with van der Waals surface area (Å²) in [4.78, 5) is 2.68. The van der Waals surface area contributed by atoms with Crippen LogP contribution in [0.15, 0.2) is 0 Å². The molecule has 0 saturated heterocycles. The van der Waals surface area contributed by atoms with Crippen LogP contribution in [0.1, 0.15) is 65.7 Å². The van der Waals surface area contributed by atoms with Crippen molar-refractivity contribution < 1.29 is 0 Å². The third-order valence-corrected chi connectivity index (χ3v) is 5.35. The van der Waals surface area contributed by atoms with Crippen LogP contribution < -0.4 is 5.32 Å². The van der Waals surface area contributed by atoms with E-state index in [2.05, 4.69) is 38.0 Å². The van der Waals surface area contributed by atoms with Crippen LogP contribution in [0, 0.1) is 11.3 Å². The summed E-state index contributed by atoms with van der Waals surface area (Å²) < 4.78 is 0. The van der Waals surface area contributed by atoms with Gasteiger partial charge in [-0.1, -0.05) is 27.2 Å². The fourth-order valence-electron chi connectivity index (χ4n) is 3.80. The minimum Gasteiger partial charge on any atom is -0.312 e. The second-order valence-electron chi connectivity index (χ2n) is 7.77. The molecule has 0 radical (unpaired) electrons. The van der Waals surface area contributed by atoms with Crippen LogP contribution in [0.4, 0.5) is 0 Å². The normalized spacial score (nSPS) is 31.4. The Morgan fingerprint density at radius 3 is 2.53 bits per heavy atom. The van der Waals surface area contributed by atoms with Gasteiger partial charge in [-0.15, -0.1) is 0 Å².